The monoisotopic (exact) mass is 555 g/mol. The lowest BCUT2D eigenvalue weighted by atomic mass is 10.2. The van der Waals surface area contributed by atoms with Crippen LogP contribution in [-0.4, -0.2) is 71.2 Å². The molecule has 0 bridgehead atoms. The molecule has 186 valence electrons. The van der Waals surface area contributed by atoms with Crippen LogP contribution in [0.25, 0.3) is 10.1 Å². The minimum Gasteiger partial charge on any atom is -0.379 e. The number of morpholine rings is 2. The largest absolute Gasteiger partial charge is 0.379 e. The number of rotatable bonds is 5. The summed E-state index contributed by atoms with van der Waals surface area (Å²) in [6.07, 6.45) is 0. The maximum Gasteiger partial charge on any atom is 0.267 e. The van der Waals surface area contributed by atoms with E-state index >= 15 is 0 Å². The van der Waals surface area contributed by atoms with E-state index in [0.29, 0.717) is 60.1 Å². The van der Waals surface area contributed by atoms with E-state index in [1.807, 2.05) is 0 Å². The number of benzene rings is 2. The fourth-order valence-electron chi connectivity index (χ4n) is 4.16. The van der Waals surface area contributed by atoms with E-state index in [1.165, 1.54) is 21.7 Å². The summed E-state index contributed by atoms with van der Waals surface area (Å²) in [5.74, 6) is -0.414. The number of sulfonamides is 1. The summed E-state index contributed by atoms with van der Waals surface area (Å²) >= 11 is 13.9. The molecule has 2 aliphatic heterocycles. The highest BCUT2D eigenvalue weighted by molar-refractivity contribution is 7.89. The Morgan fingerprint density at radius 2 is 1.63 bits per heavy atom. The van der Waals surface area contributed by atoms with Gasteiger partial charge in [0.2, 0.25) is 10.0 Å². The van der Waals surface area contributed by atoms with Gasteiger partial charge in [-0.15, -0.1) is 11.3 Å². The number of hydrogen-bond acceptors (Lipinski definition) is 7. The van der Waals surface area contributed by atoms with Gasteiger partial charge in [0, 0.05) is 41.3 Å². The summed E-state index contributed by atoms with van der Waals surface area (Å²) in [6, 6.07) is 10.1. The van der Waals surface area contributed by atoms with Crippen LogP contribution in [0.15, 0.2) is 41.3 Å². The fraction of sp³-hybridized carbons (Fsp3) is 0.348. The first-order valence-electron chi connectivity index (χ1n) is 11.1. The molecule has 0 atom stereocenters. The standard InChI is InChI=1S/C23H23Cl2N3O5S2/c24-15-1-3-17-20(13-15)34-22(21(17)25)23(29)26-18-14-16(35(30,31)28-7-11-33-12-8-28)2-4-19(18)27-5-9-32-10-6-27/h1-4,13-14H,5-12H2,(H,26,29). The molecule has 2 saturated heterocycles. The Labute approximate surface area is 217 Å². The maximum absolute atomic E-state index is 13.3. The Kier molecular flexibility index (Phi) is 7.23. The molecule has 35 heavy (non-hydrogen) atoms. The van der Waals surface area contributed by atoms with Gasteiger partial charge in [0.05, 0.1) is 47.7 Å². The normalized spacial score (nSPS) is 17.6. The van der Waals surface area contributed by atoms with Crippen molar-refractivity contribution in [2.45, 2.75) is 4.90 Å². The minimum atomic E-state index is -3.75. The van der Waals surface area contributed by atoms with Crippen molar-refractivity contribution in [3.05, 3.63) is 51.3 Å². The van der Waals surface area contributed by atoms with Gasteiger partial charge >= 0.3 is 0 Å². The highest BCUT2D eigenvalue weighted by Crippen LogP contribution is 2.38. The fourth-order valence-corrected chi connectivity index (χ4v) is 7.28. The van der Waals surface area contributed by atoms with Crippen molar-refractivity contribution in [3.63, 3.8) is 0 Å². The minimum absolute atomic E-state index is 0.112. The SMILES string of the molecule is O=C(Nc1cc(S(=O)(=O)N2CCOCC2)ccc1N1CCOCC1)c1sc2cc(Cl)ccc2c1Cl. The summed E-state index contributed by atoms with van der Waals surface area (Å²) < 4.78 is 39.5. The number of amides is 1. The second-order valence-electron chi connectivity index (χ2n) is 8.13. The van der Waals surface area contributed by atoms with Crippen LogP contribution in [-0.2, 0) is 19.5 Å². The van der Waals surface area contributed by atoms with E-state index in [4.69, 9.17) is 32.7 Å². The van der Waals surface area contributed by atoms with Crippen LogP contribution in [0.5, 0.6) is 0 Å². The third-order valence-corrected chi connectivity index (χ3v) is 9.76. The second kappa shape index (κ2) is 10.2. The Morgan fingerprint density at radius 3 is 2.34 bits per heavy atom. The molecular weight excluding hydrogens is 533 g/mol. The molecule has 0 radical (unpaired) electrons. The lowest BCUT2D eigenvalue weighted by Crippen LogP contribution is -2.40. The molecular formula is C23H23Cl2N3O5S2. The van der Waals surface area contributed by atoms with Gasteiger partial charge in [-0.05, 0) is 30.3 Å². The van der Waals surface area contributed by atoms with E-state index in [1.54, 1.807) is 30.3 Å². The third kappa shape index (κ3) is 5.01. The van der Waals surface area contributed by atoms with Gasteiger partial charge in [0.25, 0.3) is 5.91 Å². The van der Waals surface area contributed by atoms with E-state index in [-0.39, 0.29) is 18.0 Å². The second-order valence-corrected chi connectivity index (χ2v) is 11.9. The molecule has 0 aliphatic carbocycles. The zero-order valence-corrected chi connectivity index (χ0v) is 21.8. The molecule has 2 fully saturated rings. The number of halogens is 2. The van der Waals surface area contributed by atoms with Crippen LogP contribution in [0.4, 0.5) is 11.4 Å². The number of carbonyl (C=O) groups excluding carboxylic acids is 1. The number of ether oxygens (including phenoxy) is 2. The third-order valence-electron chi connectivity index (χ3n) is 5.97. The van der Waals surface area contributed by atoms with Crippen molar-refractivity contribution in [1.29, 1.82) is 0 Å². The van der Waals surface area contributed by atoms with Crippen LogP contribution in [0, 0.1) is 0 Å². The number of nitrogens with one attached hydrogen (secondary N) is 1. The summed E-state index contributed by atoms with van der Waals surface area (Å²) in [5, 5.41) is 4.55. The lowest BCUT2D eigenvalue weighted by Gasteiger charge is -2.31. The van der Waals surface area contributed by atoms with Gasteiger partial charge in [0.15, 0.2) is 0 Å². The lowest BCUT2D eigenvalue weighted by molar-refractivity contribution is 0.0730. The number of hydrogen-bond donors (Lipinski definition) is 1. The Bertz CT molecular complexity index is 1370. The predicted octanol–water partition coefficient (Wildman–Crippen LogP) is 4.32. The summed E-state index contributed by atoms with van der Waals surface area (Å²) in [7, 11) is -3.75. The molecule has 3 heterocycles. The first-order chi connectivity index (χ1) is 16.8. The van der Waals surface area contributed by atoms with Crippen molar-refractivity contribution in [2.24, 2.45) is 0 Å². The number of nitrogens with zero attached hydrogens (tertiary/aromatic N) is 2. The molecule has 12 heteroatoms. The molecule has 5 rings (SSSR count). The summed E-state index contributed by atoms with van der Waals surface area (Å²) in [6.45, 7) is 3.62. The first-order valence-corrected chi connectivity index (χ1v) is 14.1. The van der Waals surface area contributed by atoms with Gasteiger partial charge in [-0.1, -0.05) is 29.3 Å². The van der Waals surface area contributed by atoms with Crippen molar-refractivity contribution in [1.82, 2.24) is 4.31 Å². The molecule has 0 unspecified atom stereocenters. The van der Waals surface area contributed by atoms with Gasteiger partial charge in [0.1, 0.15) is 4.88 Å². The van der Waals surface area contributed by atoms with E-state index in [0.717, 1.165) is 15.8 Å². The first kappa shape index (κ1) is 24.8. The van der Waals surface area contributed by atoms with Crippen LogP contribution < -0.4 is 10.2 Å². The smallest absolute Gasteiger partial charge is 0.267 e. The molecule has 2 aliphatic rings. The van der Waals surface area contributed by atoms with Crippen molar-refractivity contribution >= 4 is 71.9 Å². The van der Waals surface area contributed by atoms with Crippen molar-refractivity contribution in [2.75, 3.05) is 62.8 Å². The quantitative estimate of drug-likeness (QED) is 0.504. The summed E-state index contributed by atoms with van der Waals surface area (Å²) in [4.78, 5) is 15.9. The molecule has 1 N–H and O–H groups in total. The van der Waals surface area contributed by atoms with E-state index < -0.39 is 15.9 Å². The molecule has 1 aromatic heterocycles. The maximum atomic E-state index is 13.3. The van der Waals surface area contributed by atoms with Crippen LogP contribution >= 0.6 is 34.5 Å². The number of thiophene rings is 1. The average Bonchev–Trinajstić information content (AvgIpc) is 3.20. The van der Waals surface area contributed by atoms with Gasteiger partial charge in [-0.25, -0.2) is 8.42 Å². The Hall–Kier alpha value is -1.92. The number of fused-ring (bicyclic) bond motifs is 1. The van der Waals surface area contributed by atoms with Crippen LogP contribution in [0.3, 0.4) is 0 Å². The van der Waals surface area contributed by atoms with Crippen molar-refractivity contribution in [3.8, 4) is 0 Å². The molecule has 0 saturated carbocycles. The van der Waals surface area contributed by atoms with Gasteiger partial charge in [-0.2, -0.15) is 4.31 Å². The molecule has 3 aromatic rings. The summed E-state index contributed by atoms with van der Waals surface area (Å²) in [5.41, 5.74) is 1.13. The van der Waals surface area contributed by atoms with Crippen molar-refractivity contribution < 1.29 is 22.7 Å². The predicted molar refractivity (Wildman–Crippen MR) is 139 cm³/mol. The van der Waals surface area contributed by atoms with E-state index in [9.17, 15) is 13.2 Å². The highest BCUT2D eigenvalue weighted by atomic mass is 35.5. The zero-order valence-electron chi connectivity index (χ0n) is 18.6. The van der Waals surface area contributed by atoms with Gasteiger partial charge < -0.3 is 19.7 Å². The molecule has 0 spiro atoms. The Morgan fingerprint density at radius 1 is 0.943 bits per heavy atom. The Balaban J connectivity index is 1.52. The van der Waals surface area contributed by atoms with Crippen LogP contribution in [0.2, 0.25) is 10.0 Å². The number of anilines is 2. The topological polar surface area (TPSA) is 88.2 Å². The molecule has 1 amide bonds. The number of carbonyl (C=O) groups is 1. The van der Waals surface area contributed by atoms with Gasteiger partial charge in [-0.3, -0.25) is 4.79 Å². The van der Waals surface area contributed by atoms with Crippen LogP contribution in [0.1, 0.15) is 9.67 Å². The highest BCUT2D eigenvalue weighted by Gasteiger charge is 2.28. The van der Waals surface area contributed by atoms with E-state index in [2.05, 4.69) is 10.2 Å². The average molecular weight is 556 g/mol. The molecule has 2 aromatic carbocycles. The zero-order chi connectivity index (χ0) is 24.6. The molecule has 8 nitrogen and oxygen atoms in total.